The molecule has 0 aromatic carbocycles. The van der Waals surface area contributed by atoms with Gasteiger partial charge in [-0.25, -0.2) is 4.98 Å². The van der Waals surface area contributed by atoms with Crippen molar-refractivity contribution in [3.63, 3.8) is 0 Å². The van der Waals surface area contributed by atoms with Gasteiger partial charge in [0, 0.05) is 9.79 Å². The number of hydrogen-bond acceptors (Lipinski definition) is 4. The molecule has 0 aliphatic heterocycles. The number of halogens is 3. The number of pyridine rings is 1. The maximum absolute atomic E-state index is 13.0. The fourth-order valence-corrected chi connectivity index (χ4v) is 3.98. The molecule has 0 saturated heterocycles. The van der Waals surface area contributed by atoms with Crippen LogP contribution in [0.1, 0.15) is 26.5 Å². The first-order chi connectivity index (χ1) is 8.93. The minimum Gasteiger partial charge on any atom is -0.235 e. The average molecular weight is 327 g/mol. The van der Waals surface area contributed by atoms with E-state index in [0.717, 1.165) is 10.6 Å². The fourth-order valence-electron chi connectivity index (χ4n) is 1.43. The Kier molecular flexibility index (Phi) is 6.90. The molecule has 7 heteroatoms. The third-order valence-electron chi connectivity index (χ3n) is 2.07. The van der Waals surface area contributed by atoms with Crippen LogP contribution in [0.25, 0.3) is 0 Å². The monoisotopic (exact) mass is 327 g/mol. The molecule has 1 nitrogen and oxygen atoms in total. The van der Waals surface area contributed by atoms with Crippen LogP contribution in [0.4, 0.5) is 13.2 Å². The average Bonchev–Trinajstić information content (AvgIpc) is 2.31. The zero-order valence-corrected chi connectivity index (χ0v) is 13.5. The molecule has 0 N–H and O–H groups in total. The van der Waals surface area contributed by atoms with Crippen LogP contribution in [-0.2, 0) is 6.18 Å². The Bertz CT molecular complexity index is 421. The van der Waals surface area contributed by atoms with Crippen LogP contribution in [-0.4, -0.2) is 22.2 Å². The number of hydrogen-bond donors (Lipinski definition) is 0. The fraction of sp³-hybridized carbons (Fsp3) is 0.583. The lowest BCUT2D eigenvalue weighted by atomic mass is 10.3. The van der Waals surface area contributed by atoms with Gasteiger partial charge in [0.05, 0.1) is 0 Å². The van der Waals surface area contributed by atoms with Crippen LogP contribution in [0.3, 0.4) is 0 Å². The van der Waals surface area contributed by atoms with Crippen molar-refractivity contribution in [1.29, 1.82) is 0 Å². The summed E-state index contributed by atoms with van der Waals surface area (Å²) in [5.41, 5.74) is -0.754. The van der Waals surface area contributed by atoms with Crippen molar-refractivity contribution in [3.8, 4) is 0 Å². The zero-order valence-electron chi connectivity index (χ0n) is 11.0. The number of thioether (sulfide) groups is 3. The topological polar surface area (TPSA) is 12.9 Å². The Labute approximate surface area is 124 Å². The van der Waals surface area contributed by atoms with Gasteiger partial charge >= 0.3 is 6.18 Å². The molecule has 0 fully saturated rings. The van der Waals surface area contributed by atoms with Gasteiger partial charge in [-0.05, 0) is 23.3 Å². The predicted octanol–water partition coefficient (Wildman–Crippen LogP) is 5.44. The van der Waals surface area contributed by atoms with Crippen LogP contribution in [0.5, 0.6) is 0 Å². The van der Waals surface area contributed by atoms with Gasteiger partial charge < -0.3 is 0 Å². The minimum absolute atomic E-state index is 0.228. The summed E-state index contributed by atoms with van der Waals surface area (Å²) in [5.74, 6) is 2.13. The Morgan fingerprint density at radius 1 is 0.947 bits per heavy atom. The Morgan fingerprint density at radius 3 is 1.95 bits per heavy atom. The van der Waals surface area contributed by atoms with E-state index in [-0.39, 0.29) is 4.90 Å². The van der Waals surface area contributed by atoms with Gasteiger partial charge in [0.25, 0.3) is 0 Å². The second-order valence-electron chi connectivity index (χ2n) is 3.44. The van der Waals surface area contributed by atoms with E-state index in [2.05, 4.69) is 4.98 Å². The van der Waals surface area contributed by atoms with Crippen molar-refractivity contribution in [2.24, 2.45) is 0 Å². The molecule has 0 saturated carbocycles. The van der Waals surface area contributed by atoms with E-state index >= 15 is 0 Å². The first-order valence-electron chi connectivity index (χ1n) is 5.94. The van der Waals surface area contributed by atoms with Crippen molar-refractivity contribution >= 4 is 35.3 Å². The summed E-state index contributed by atoms with van der Waals surface area (Å²) in [6, 6.07) is 1.64. The molecule has 0 spiro atoms. The van der Waals surface area contributed by atoms with Crippen molar-refractivity contribution in [3.05, 3.63) is 11.8 Å². The van der Waals surface area contributed by atoms with E-state index in [0.29, 0.717) is 16.5 Å². The van der Waals surface area contributed by atoms with Crippen molar-refractivity contribution in [1.82, 2.24) is 4.98 Å². The highest BCUT2D eigenvalue weighted by Gasteiger charge is 2.36. The molecule has 0 bridgehead atoms. The summed E-state index contributed by atoms with van der Waals surface area (Å²) in [6.45, 7) is 5.73. The van der Waals surface area contributed by atoms with Crippen molar-refractivity contribution < 1.29 is 13.2 Å². The van der Waals surface area contributed by atoms with Crippen LogP contribution in [0.15, 0.2) is 20.9 Å². The molecule has 0 aliphatic rings. The third kappa shape index (κ3) is 4.79. The molecule has 0 aliphatic carbocycles. The predicted molar refractivity (Wildman–Crippen MR) is 78.4 cm³/mol. The van der Waals surface area contributed by atoms with Gasteiger partial charge in [-0.2, -0.15) is 13.2 Å². The second-order valence-corrected chi connectivity index (χ2v) is 7.30. The zero-order chi connectivity index (χ0) is 14.5. The summed E-state index contributed by atoms with van der Waals surface area (Å²) >= 11 is 4.09. The van der Waals surface area contributed by atoms with E-state index in [9.17, 15) is 13.2 Å². The molecule has 19 heavy (non-hydrogen) atoms. The number of rotatable bonds is 6. The third-order valence-corrected chi connectivity index (χ3v) is 4.89. The van der Waals surface area contributed by atoms with Gasteiger partial charge in [0.15, 0.2) is 5.69 Å². The lowest BCUT2D eigenvalue weighted by molar-refractivity contribution is -0.143. The standard InChI is InChI=1S/C12H16F3NS3/c1-4-17-8-7-9(18-5-2)11(19-6-3)16-10(8)12(13,14)15/h7H,4-6H2,1-3H3. The SMILES string of the molecule is CCSc1cc(SCC)c(C(F)(F)F)nc1SCC. The lowest BCUT2D eigenvalue weighted by Crippen LogP contribution is -2.11. The summed E-state index contributed by atoms with van der Waals surface area (Å²) in [4.78, 5) is 4.94. The maximum atomic E-state index is 13.0. The Balaban J connectivity index is 3.32. The second kappa shape index (κ2) is 7.69. The van der Waals surface area contributed by atoms with Crippen LogP contribution in [0, 0.1) is 0 Å². The molecule has 1 aromatic heterocycles. The number of nitrogens with zero attached hydrogens (tertiary/aromatic N) is 1. The Hall–Kier alpha value is -0.0100. The van der Waals surface area contributed by atoms with Gasteiger partial charge in [-0.1, -0.05) is 20.8 Å². The number of alkyl halides is 3. The van der Waals surface area contributed by atoms with Crippen molar-refractivity contribution in [2.45, 2.75) is 41.8 Å². The lowest BCUT2D eigenvalue weighted by Gasteiger charge is -2.15. The molecular weight excluding hydrogens is 311 g/mol. The highest BCUT2D eigenvalue weighted by molar-refractivity contribution is 8.02. The first-order valence-corrected chi connectivity index (χ1v) is 8.90. The Morgan fingerprint density at radius 2 is 1.47 bits per heavy atom. The molecule has 1 heterocycles. The van der Waals surface area contributed by atoms with E-state index in [4.69, 9.17) is 0 Å². The molecule has 0 atom stereocenters. The van der Waals surface area contributed by atoms with Crippen LogP contribution >= 0.6 is 35.3 Å². The highest BCUT2D eigenvalue weighted by atomic mass is 32.2. The van der Waals surface area contributed by atoms with Gasteiger partial charge in [-0.3, -0.25) is 0 Å². The molecule has 1 aromatic rings. The van der Waals surface area contributed by atoms with E-state index < -0.39 is 11.9 Å². The van der Waals surface area contributed by atoms with E-state index in [1.807, 2.05) is 20.8 Å². The number of aromatic nitrogens is 1. The molecule has 0 unspecified atom stereocenters. The highest BCUT2D eigenvalue weighted by Crippen LogP contribution is 2.40. The minimum atomic E-state index is -4.39. The van der Waals surface area contributed by atoms with E-state index in [1.165, 1.54) is 35.3 Å². The summed E-state index contributed by atoms with van der Waals surface area (Å²) in [5, 5.41) is 0.488. The van der Waals surface area contributed by atoms with Gasteiger partial charge in [0.2, 0.25) is 0 Å². The quantitative estimate of drug-likeness (QED) is 0.645. The van der Waals surface area contributed by atoms with Crippen LogP contribution in [0.2, 0.25) is 0 Å². The van der Waals surface area contributed by atoms with Gasteiger partial charge in [0.1, 0.15) is 5.03 Å². The summed E-state index contributed by atoms with van der Waals surface area (Å²) in [7, 11) is 0. The van der Waals surface area contributed by atoms with E-state index in [1.54, 1.807) is 6.07 Å². The molecule has 0 amide bonds. The largest absolute Gasteiger partial charge is 0.434 e. The van der Waals surface area contributed by atoms with Crippen LogP contribution < -0.4 is 0 Å². The molecule has 0 radical (unpaired) electrons. The molecule has 108 valence electrons. The smallest absolute Gasteiger partial charge is 0.235 e. The summed E-state index contributed by atoms with van der Waals surface area (Å²) < 4.78 is 39.1. The summed E-state index contributed by atoms with van der Waals surface area (Å²) in [6.07, 6.45) is -4.39. The van der Waals surface area contributed by atoms with Crippen molar-refractivity contribution in [2.75, 3.05) is 17.3 Å². The molecular formula is C12H16F3NS3. The maximum Gasteiger partial charge on any atom is 0.434 e. The van der Waals surface area contributed by atoms with Gasteiger partial charge in [-0.15, -0.1) is 35.3 Å². The first kappa shape index (κ1) is 17.0. The molecule has 1 rings (SSSR count). The normalized spacial score (nSPS) is 11.9.